The van der Waals surface area contributed by atoms with Crippen molar-refractivity contribution in [3.63, 3.8) is 0 Å². The monoisotopic (exact) mass is 332 g/mol. The molecule has 0 aliphatic carbocycles. The average molecular weight is 332 g/mol. The van der Waals surface area contributed by atoms with Gasteiger partial charge in [0.05, 0.1) is 12.4 Å². The van der Waals surface area contributed by atoms with E-state index in [4.69, 9.17) is 0 Å². The number of imidazole rings is 1. The molecule has 2 aromatic rings. The third-order valence-electron chi connectivity index (χ3n) is 3.90. The van der Waals surface area contributed by atoms with Crippen molar-refractivity contribution in [2.24, 2.45) is 0 Å². The van der Waals surface area contributed by atoms with Crippen LogP contribution in [0.3, 0.4) is 0 Å². The van der Waals surface area contributed by atoms with Crippen molar-refractivity contribution < 1.29 is 4.79 Å². The first-order valence-corrected chi connectivity index (χ1v) is 9.03. The predicted molar refractivity (Wildman–Crippen MR) is 96.1 cm³/mol. The molecular weight excluding hydrogens is 308 g/mol. The maximum absolute atomic E-state index is 12.3. The number of aromatic nitrogens is 2. The molecule has 0 aliphatic heterocycles. The molecule has 0 saturated heterocycles. The van der Waals surface area contributed by atoms with Crippen LogP contribution in [0.25, 0.3) is 5.69 Å². The zero-order valence-corrected chi connectivity index (χ0v) is 14.9. The Hall–Kier alpha value is -1.95. The number of nitrogens with zero attached hydrogens (tertiary/aromatic N) is 3. The van der Waals surface area contributed by atoms with E-state index in [9.17, 15) is 4.79 Å². The van der Waals surface area contributed by atoms with Gasteiger partial charge in [0.15, 0.2) is 0 Å². The average Bonchev–Trinajstić information content (AvgIpc) is 3.09. The minimum absolute atomic E-state index is 0.0490. The van der Waals surface area contributed by atoms with Gasteiger partial charge in [-0.25, -0.2) is 9.78 Å². The van der Waals surface area contributed by atoms with E-state index < -0.39 is 0 Å². The van der Waals surface area contributed by atoms with Gasteiger partial charge >= 0.3 is 6.03 Å². The molecule has 5 nitrogen and oxygen atoms in total. The summed E-state index contributed by atoms with van der Waals surface area (Å²) < 4.78 is 1.95. The highest BCUT2D eigenvalue weighted by molar-refractivity contribution is 7.98. The summed E-state index contributed by atoms with van der Waals surface area (Å²) in [6, 6.07) is 8.20. The van der Waals surface area contributed by atoms with Crippen LogP contribution in [0.15, 0.2) is 43.0 Å². The van der Waals surface area contributed by atoms with Gasteiger partial charge < -0.3 is 14.8 Å². The molecule has 1 heterocycles. The van der Waals surface area contributed by atoms with E-state index in [0.29, 0.717) is 0 Å². The smallest absolute Gasteiger partial charge is 0.317 e. The van der Waals surface area contributed by atoms with E-state index >= 15 is 0 Å². The van der Waals surface area contributed by atoms with Crippen LogP contribution in [0.5, 0.6) is 0 Å². The number of benzene rings is 1. The Morgan fingerprint density at radius 2 is 2.22 bits per heavy atom. The van der Waals surface area contributed by atoms with Crippen LogP contribution in [0.1, 0.15) is 25.5 Å². The fraction of sp³-hybridized carbons (Fsp3) is 0.412. The number of urea groups is 1. The van der Waals surface area contributed by atoms with E-state index in [0.717, 1.165) is 17.0 Å². The summed E-state index contributed by atoms with van der Waals surface area (Å²) in [5.74, 6) is 0.925. The van der Waals surface area contributed by atoms with Crippen molar-refractivity contribution in [1.29, 1.82) is 0 Å². The van der Waals surface area contributed by atoms with Gasteiger partial charge in [0.2, 0.25) is 0 Å². The second-order valence-electron chi connectivity index (χ2n) is 5.65. The van der Waals surface area contributed by atoms with Crippen molar-refractivity contribution in [1.82, 2.24) is 19.8 Å². The molecule has 0 aliphatic rings. The van der Waals surface area contributed by atoms with Crippen molar-refractivity contribution in [3.8, 4) is 5.69 Å². The number of hydrogen-bond acceptors (Lipinski definition) is 3. The Morgan fingerprint density at radius 3 is 2.87 bits per heavy atom. The van der Waals surface area contributed by atoms with Gasteiger partial charge in [-0.2, -0.15) is 11.8 Å². The van der Waals surface area contributed by atoms with E-state index in [2.05, 4.69) is 23.3 Å². The highest BCUT2D eigenvalue weighted by Crippen LogP contribution is 2.17. The second-order valence-corrected chi connectivity index (χ2v) is 6.56. The molecule has 0 spiro atoms. The van der Waals surface area contributed by atoms with Gasteiger partial charge in [-0.3, -0.25) is 0 Å². The van der Waals surface area contributed by atoms with Gasteiger partial charge in [0, 0.05) is 36.9 Å². The quantitative estimate of drug-likeness (QED) is 0.883. The molecule has 6 heteroatoms. The SMILES string of the molecule is CSC[C@@H](C)N(C)C(=O)N[C@H](C)c1cccc(-n2ccnc2)c1. The van der Waals surface area contributed by atoms with Crippen LogP contribution in [0, 0.1) is 0 Å². The molecule has 0 unspecified atom stereocenters. The lowest BCUT2D eigenvalue weighted by atomic mass is 10.1. The van der Waals surface area contributed by atoms with E-state index in [1.165, 1.54) is 0 Å². The normalized spacial score (nSPS) is 13.4. The summed E-state index contributed by atoms with van der Waals surface area (Å²) >= 11 is 1.74. The number of carbonyl (C=O) groups is 1. The third kappa shape index (κ3) is 4.51. The number of hydrogen-bond donors (Lipinski definition) is 1. The summed E-state index contributed by atoms with van der Waals surface area (Å²) in [6.45, 7) is 4.05. The molecule has 0 fully saturated rings. The Kier molecular flexibility index (Phi) is 6.10. The van der Waals surface area contributed by atoms with Gasteiger partial charge in [0.25, 0.3) is 0 Å². The maximum Gasteiger partial charge on any atom is 0.317 e. The van der Waals surface area contributed by atoms with Gasteiger partial charge in [-0.15, -0.1) is 0 Å². The van der Waals surface area contributed by atoms with Crippen molar-refractivity contribution in [2.75, 3.05) is 19.1 Å². The largest absolute Gasteiger partial charge is 0.331 e. The highest BCUT2D eigenvalue weighted by Gasteiger charge is 2.17. The van der Waals surface area contributed by atoms with E-state index in [1.807, 2.05) is 49.2 Å². The van der Waals surface area contributed by atoms with Crippen molar-refractivity contribution >= 4 is 17.8 Å². The summed E-state index contributed by atoms with van der Waals surface area (Å²) in [5, 5.41) is 3.06. The molecular formula is C17H24N4OS. The van der Waals surface area contributed by atoms with Crippen LogP contribution in [-0.4, -0.2) is 45.6 Å². The number of carbonyl (C=O) groups excluding carboxylic acids is 1. The Bertz CT molecular complexity index is 629. The zero-order chi connectivity index (χ0) is 16.8. The summed E-state index contributed by atoms with van der Waals surface area (Å²) in [5.41, 5.74) is 2.10. The standard InChI is InChI=1S/C17H24N4OS/c1-13(11-23-4)20(3)17(22)19-14(2)15-6-5-7-16(10-15)21-9-8-18-12-21/h5-10,12-14H,11H2,1-4H3,(H,19,22)/t13-,14-/m1/s1. The number of nitrogens with one attached hydrogen (secondary N) is 1. The lowest BCUT2D eigenvalue weighted by molar-refractivity contribution is 0.195. The molecule has 0 bridgehead atoms. The van der Waals surface area contributed by atoms with Gasteiger partial charge in [0.1, 0.15) is 0 Å². The van der Waals surface area contributed by atoms with Crippen molar-refractivity contribution in [3.05, 3.63) is 48.5 Å². The van der Waals surface area contributed by atoms with Crippen molar-refractivity contribution in [2.45, 2.75) is 25.9 Å². The fourth-order valence-electron chi connectivity index (χ4n) is 2.29. The molecule has 1 aromatic carbocycles. The predicted octanol–water partition coefficient (Wildman–Crippen LogP) is 3.33. The number of amides is 2. The molecule has 124 valence electrons. The zero-order valence-electron chi connectivity index (χ0n) is 14.1. The first kappa shape index (κ1) is 17.4. The minimum atomic E-state index is -0.0603. The summed E-state index contributed by atoms with van der Waals surface area (Å²) in [6.07, 6.45) is 7.47. The summed E-state index contributed by atoms with van der Waals surface area (Å²) in [4.78, 5) is 18.2. The molecule has 0 saturated carbocycles. The van der Waals surface area contributed by atoms with Gasteiger partial charge in [-0.1, -0.05) is 12.1 Å². The third-order valence-corrected chi connectivity index (χ3v) is 4.72. The number of rotatable bonds is 6. The molecule has 2 rings (SSSR count). The molecule has 23 heavy (non-hydrogen) atoms. The second kappa shape index (κ2) is 8.06. The number of thioether (sulfide) groups is 1. The van der Waals surface area contributed by atoms with Crippen LogP contribution in [0.2, 0.25) is 0 Å². The molecule has 0 radical (unpaired) electrons. The van der Waals surface area contributed by atoms with E-state index in [-0.39, 0.29) is 18.1 Å². The Labute approximate surface area is 142 Å². The minimum Gasteiger partial charge on any atom is -0.331 e. The van der Waals surface area contributed by atoms with E-state index in [1.54, 1.807) is 29.2 Å². The molecule has 1 N–H and O–H groups in total. The molecule has 2 amide bonds. The Morgan fingerprint density at radius 1 is 1.43 bits per heavy atom. The lowest BCUT2D eigenvalue weighted by Gasteiger charge is -2.26. The Balaban J connectivity index is 2.04. The molecule has 1 aromatic heterocycles. The first-order valence-electron chi connectivity index (χ1n) is 7.63. The van der Waals surface area contributed by atoms with Crippen LogP contribution < -0.4 is 5.32 Å². The van der Waals surface area contributed by atoms with Crippen LogP contribution in [0.4, 0.5) is 4.79 Å². The van der Waals surface area contributed by atoms with Gasteiger partial charge in [-0.05, 0) is 37.8 Å². The fourth-order valence-corrected chi connectivity index (χ4v) is 3.00. The van der Waals surface area contributed by atoms with Crippen LogP contribution in [-0.2, 0) is 0 Å². The topological polar surface area (TPSA) is 50.2 Å². The van der Waals surface area contributed by atoms with Crippen LogP contribution >= 0.6 is 11.8 Å². The maximum atomic E-state index is 12.3. The highest BCUT2D eigenvalue weighted by atomic mass is 32.2. The molecule has 2 atom stereocenters. The first-order chi connectivity index (χ1) is 11.0. The lowest BCUT2D eigenvalue weighted by Crippen LogP contribution is -2.44. The summed E-state index contributed by atoms with van der Waals surface area (Å²) in [7, 11) is 1.84.